The van der Waals surface area contributed by atoms with Crippen LogP contribution in [0, 0.1) is 5.41 Å². The van der Waals surface area contributed by atoms with Gasteiger partial charge in [0.25, 0.3) is 0 Å². The van der Waals surface area contributed by atoms with Crippen molar-refractivity contribution in [1.82, 2.24) is 4.98 Å². The third-order valence-corrected chi connectivity index (χ3v) is 3.72. The molecule has 1 aromatic heterocycles. The molecule has 2 aromatic rings. The molecule has 114 valence electrons. The first-order chi connectivity index (χ1) is 11.2. The molecular formula is C17H15ClN5+. The molecule has 0 fully saturated rings. The van der Waals surface area contributed by atoms with Gasteiger partial charge in [0, 0.05) is 23.0 Å². The molecule has 5 nitrogen and oxygen atoms in total. The van der Waals surface area contributed by atoms with Gasteiger partial charge in [0.15, 0.2) is 0 Å². The van der Waals surface area contributed by atoms with Gasteiger partial charge in [-0.2, -0.15) is 0 Å². The molecule has 0 unspecified atom stereocenters. The fourth-order valence-electron chi connectivity index (χ4n) is 2.31. The van der Waals surface area contributed by atoms with Crippen LogP contribution in [0.5, 0.6) is 0 Å². The lowest BCUT2D eigenvalue weighted by Crippen LogP contribution is -2.77. The second-order valence-electron chi connectivity index (χ2n) is 4.92. The fourth-order valence-corrected chi connectivity index (χ4v) is 2.56. The Labute approximate surface area is 138 Å². The average Bonchev–Trinajstić information content (AvgIpc) is 2.57. The Morgan fingerprint density at radius 3 is 2.52 bits per heavy atom. The average molecular weight is 325 g/mol. The van der Waals surface area contributed by atoms with Crippen molar-refractivity contribution in [3.8, 4) is 0 Å². The molecule has 0 aliphatic carbocycles. The highest BCUT2D eigenvalue weighted by Gasteiger charge is 2.19. The molecule has 0 spiro atoms. The van der Waals surface area contributed by atoms with E-state index < -0.39 is 0 Å². The van der Waals surface area contributed by atoms with Crippen LogP contribution in [0.3, 0.4) is 0 Å². The number of allylic oxidation sites excluding steroid dienone is 1. The van der Waals surface area contributed by atoms with Crippen molar-refractivity contribution in [1.29, 1.82) is 5.41 Å². The maximum absolute atomic E-state index is 7.82. The normalized spacial score (nSPS) is 16.0. The Kier molecular flexibility index (Phi) is 4.32. The summed E-state index contributed by atoms with van der Waals surface area (Å²) in [5, 5.41) is 10.3. The number of pyridine rings is 1. The van der Waals surface area contributed by atoms with Crippen molar-refractivity contribution in [2.75, 3.05) is 0 Å². The lowest BCUT2D eigenvalue weighted by Gasteiger charge is -2.11. The predicted molar refractivity (Wildman–Crippen MR) is 92.9 cm³/mol. The lowest BCUT2D eigenvalue weighted by atomic mass is 10.1. The Hall–Kier alpha value is -2.76. The van der Waals surface area contributed by atoms with E-state index in [0.717, 1.165) is 11.1 Å². The zero-order valence-electron chi connectivity index (χ0n) is 12.2. The molecule has 23 heavy (non-hydrogen) atoms. The van der Waals surface area contributed by atoms with E-state index >= 15 is 0 Å². The van der Waals surface area contributed by atoms with Gasteiger partial charge in [-0.3, -0.25) is 15.7 Å². The number of aliphatic imine (C=N–C) groups is 1. The van der Waals surface area contributed by atoms with E-state index in [4.69, 9.17) is 22.7 Å². The monoisotopic (exact) mass is 324 g/mol. The summed E-state index contributed by atoms with van der Waals surface area (Å²) in [7, 11) is 0. The molecule has 0 saturated heterocycles. The molecule has 0 amide bonds. The van der Waals surface area contributed by atoms with Gasteiger partial charge in [-0.1, -0.05) is 35.9 Å². The highest BCUT2D eigenvalue weighted by molar-refractivity contribution is 6.34. The molecule has 0 bridgehead atoms. The van der Waals surface area contributed by atoms with Crippen LogP contribution in [0.25, 0.3) is 11.1 Å². The SMILES string of the molecule is N=C(N)/C(=C1/N=CC(c2ccccc2Cl)=C[NH2+]1)c1ccccn1. The molecule has 5 N–H and O–H groups in total. The summed E-state index contributed by atoms with van der Waals surface area (Å²) in [6.45, 7) is 0. The molecule has 3 rings (SSSR count). The highest BCUT2D eigenvalue weighted by Crippen LogP contribution is 2.23. The quantitative estimate of drug-likeness (QED) is 0.595. The summed E-state index contributed by atoms with van der Waals surface area (Å²) in [4.78, 5) is 8.69. The number of aromatic nitrogens is 1. The Morgan fingerprint density at radius 2 is 1.91 bits per heavy atom. The van der Waals surface area contributed by atoms with Crippen molar-refractivity contribution in [2.45, 2.75) is 0 Å². The largest absolute Gasteiger partial charge is 0.383 e. The Bertz CT molecular complexity index is 837. The van der Waals surface area contributed by atoms with E-state index in [-0.39, 0.29) is 5.84 Å². The van der Waals surface area contributed by atoms with Crippen LogP contribution >= 0.6 is 11.6 Å². The first-order valence-electron chi connectivity index (χ1n) is 7.01. The number of hydrogen-bond donors (Lipinski definition) is 3. The summed E-state index contributed by atoms with van der Waals surface area (Å²) in [6, 6.07) is 13.1. The summed E-state index contributed by atoms with van der Waals surface area (Å²) in [6.07, 6.45) is 5.30. The van der Waals surface area contributed by atoms with Gasteiger partial charge in [-0.05, 0) is 18.2 Å². The van der Waals surface area contributed by atoms with Crippen LogP contribution < -0.4 is 11.1 Å². The smallest absolute Gasteiger partial charge is 0.242 e. The summed E-state index contributed by atoms with van der Waals surface area (Å²) in [5.41, 5.74) is 8.67. The number of rotatable bonds is 3. The van der Waals surface area contributed by atoms with Crippen molar-refractivity contribution >= 4 is 34.8 Å². The van der Waals surface area contributed by atoms with Gasteiger partial charge in [0.05, 0.1) is 11.3 Å². The predicted octanol–water partition coefficient (Wildman–Crippen LogP) is 2.03. The minimum atomic E-state index is -0.0679. The van der Waals surface area contributed by atoms with Crippen LogP contribution in [0.2, 0.25) is 5.02 Å². The molecular weight excluding hydrogens is 310 g/mol. The zero-order chi connectivity index (χ0) is 16.2. The van der Waals surface area contributed by atoms with Crippen molar-refractivity contribution in [3.05, 3.63) is 77.0 Å². The van der Waals surface area contributed by atoms with Crippen molar-refractivity contribution in [3.63, 3.8) is 0 Å². The van der Waals surface area contributed by atoms with Gasteiger partial charge in [0.2, 0.25) is 5.82 Å². The number of halogens is 1. The fraction of sp³-hybridized carbons (Fsp3) is 0. The molecule has 6 heteroatoms. The first-order valence-corrected chi connectivity index (χ1v) is 7.38. The van der Waals surface area contributed by atoms with E-state index in [2.05, 4.69) is 9.98 Å². The van der Waals surface area contributed by atoms with Crippen molar-refractivity contribution < 1.29 is 5.32 Å². The van der Waals surface area contributed by atoms with Gasteiger partial charge in [0.1, 0.15) is 17.6 Å². The van der Waals surface area contributed by atoms with E-state index in [0.29, 0.717) is 22.1 Å². The molecule has 1 aromatic carbocycles. The first kappa shape index (κ1) is 15.1. The number of benzene rings is 1. The van der Waals surface area contributed by atoms with Gasteiger partial charge in [-0.25, -0.2) is 4.99 Å². The lowest BCUT2D eigenvalue weighted by molar-refractivity contribution is -0.534. The molecule has 0 radical (unpaired) electrons. The number of quaternary nitrogens is 1. The molecule has 0 atom stereocenters. The summed E-state index contributed by atoms with van der Waals surface area (Å²) in [5.74, 6) is 0.536. The standard InChI is InChI=1S/C17H14ClN5/c18-13-6-2-1-5-12(13)11-9-22-17(23-10-11)15(16(19)20)14-7-3-4-8-21-14/h1-10,22H,(H3,19,20)/p+1/b17-15+. The van der Waals surface area contributed by atoms with E-state index in [1.165, 1.54) is 0 Å². The number of nitrogens with two attached hydrogens (primary N) is 2. The van der Waals surface area contributed by atoms with E-state index in [1.807, 2.05) is 47.9 Å². The van der Waals surface area contributed by atoms with Gasteiger partial charge in [-0.15, -0.1) is 0 Å². The van der Waals surface area contributed by atoms with E-state index in [9.17, 15) is 0 Å². The van der Waals surface area contributed by atoms with Crippen LogP contribution in [0.4, 0.5) is 0 Å². The number of amidine groups is 1. The van der Waals surface area contributed by atoms with Crippen LogP contribution in [-0.4, -0.2) is 17.0 Å². The maximum atomic E-state index is 7.82. The van der Waals surface area contributed by atoms with Crippen LogP contribution in [-0.2, 0) is 0 Å². The third-order valence-electron chi connectivity index (χ3n) is 3.39. The van der Waals surface area contributed by atoms with Crippen LogP contribution in [0.1, 0.15) is 11.3 Å². The summed E-state index contributed by atoms with van der Waals surface area (Å²) < 4.78 is 0. The Balaban J connectivity index is 1.97. The van der Waals surface area contributed by atoms with Gasteiger partial charge >= 0.3 is 0 Å². The number of hydrogen-bond acceptors (Lipinski definition) is 3. The summed E-state index contributed by atoms with van der Waals surface area (Å²) >= 11 is 6.21. The molecule has 0 saturated carbocycles. The molecule has 2 heterocycles. The van der Waals surface area contributed by atoms with E-state index in [1.54, 1.807) is 18.5 Å². The molecule has 1 aliphatic rings. The van der Waals surface area contributed by atoms with Gasteiger partial charge < -0.3 is 5.73 Å². The zero-order valence-corrected chi connectivity index (χ0v) is 13.0. The number of nitrogens with one attached hydrogen (secondary N) is 1. The third kappa shape index (κ3) is 3.21. The van der Waals surface area contributed by atoms with Crippen molar-refractivity contribution in [2.24, 2.45) is 10.7 Å². The minimum Gasteiger partial charge on any atom is -0.383 e. The number of nitrogens with zero attached hydrogens (tertiary/aromatic N) is 2. The maximum Gasteiger partial charge on any atom is 0.242 e. The second-order valence-corrected chi connectivity index (χ2v) is 5.32. The Morgan fingerprint density at radius 1 is 1.13 bits per heavy atom. The molecule has 1 aliphatic heterocycles. The topological polar surface area (TPSA) is 91.7 Å². The highest BCUT2D eigenvalue weighted by atomic mass is 35.5. The van der Waals surface area contributed by atoms with Crippen LogP contribution in [0.15, 0.2) is 65.7 Å². The minimum absolute atomic E-state index is 0.0679. The second kappa shape index (κ2) is 6.56.